The number of aromatic nitrogens is 3. The van der Waals surface area contributed by atoms with Gasteiger partial charge in [-0.2, -0.15) is 0 Å². The zero-order valence-electron chi connectivity index (χ0n) is 12.2. The molecule has 0 bridgehead atoms. The number of amides is 2. The summed E-state index contributed by atoms with van der Waals surface area (Å²) in [6.45, 7) is 3.74. The molecule has 3 rings (SSSR count). The molecule has 2 N–H and O–H groups in total. The third-order valence-corrected chi connectivity index (χ3v) is 3.33. The lowest BCUT2D eigenvalue weighted by atomic mass is 10.2. The van der Waals surface area contributed by atoms with Gasteiger partial charge in [0.2, 0.25) is 6.79 Å². The van der Waals surface area contributed by atoms with Crippen LogP contribution < -0.4 is 20.1 Å². The third kappa shape index (κ3) is 3.11. The Balaban J connectivity index is 1.48. The van der Waals surface area contributed by atoms with Gasteiger partial charge in [-0.15, -0.1) is 10.2 Å². The summed E-state index contributed by atoms with van der Waals surface area (Å²) in [4.78, 5) is 11.8. The first-order valence-electron chi connectivity index (χ1n) is 7.03. The maximum Gasteiger partial charge on any atom is 0.315 e. The van der Waals surface area contributed by atoms with Gasteiger partial charge in [-0.25, -0.2) is 4.79 Å². The van der Waals surface area contributed by atoms with E-state index in [-0.39, 0.29) is 12.8 Å². The number of hydrogen-bond acceptors (Lipinski definition) is 5. The van der Waals surface area contributed by atoms with Crippen molar-refractivity contribution in [2.24, 2.45) is 0 Å². The molecular formula is C14H17N5O3. The Morgan fingerprint density at radius 2 is 2.09 bits per heavy atom. The Kier molecular flexibility index (Phi) is 4.08. The molecule has 8 heteroatoms. The van der Waals surface area contributed by atoms with Crippen LogP contribution >= 0.6 is 0 Å². The van der Waals surface area contributed by atoms with Crippen molar-refractivity contribution in [3.63, 3.8) is 0 Å². The van der Waals surface area contributed by atoms with Crippen LogP contribution in [0.4, 0.5) is 4.79 Å². The van der Waals surface area contributed by atoms with Crippen LogP contribution in [0.2, 0.25) is 0 Å². The highest BCUT2D eigenvalue weighted by molar-refractivity contribution is 5.73. The van der Waals surface area contributed by atoms with Crippen LogP contribution in [0.15, 0.2) is 24.5 Å². The highest BCUT2D eigenvalue weighted by atomic mass is 16.7. The predicted molar refractivity (Wildman–Crippen MR) is 77.3 cm³/mol. The molecule has 0 spiro atoms. The van der Waals surface area contributed by atoms with Crippen LogP contribution in [0.3, 0.4) is 0 Å². The molecule has 116 valence electrons. The maximum atomic E-state index is 11.8. The minimum atomic E-state index is -0.261. The van der Waals surface area contributed by atoms with Crippen molar-refractivity contribution < 1.29 is 14.3 Å². The number of carbonyl (C=O) groups excluding carboxylic acids is 1. The fourth-order valence-electron chi connectivity index (χ4n) is 2.14. The number of fused-ring (bicyclic) bond motifs is 1. The van der Waals surface area contributed by atoms with Gasteiger partial charge in [0.25, 0.3) is 0 Å². The monoisotopic (exact) mass is 303 g/mol. The van der Waals surface area contributed by atoms with Gasteiger partial charge in [-0.05, 0) is 24.6 Å². The Hall–Kier alpha value is -2.77. The number of ether oxygens (including phenoxy) is 2. The predicted octanol–water partition coefficient (Wildman–Crippen LogP) is 1.03. The van der Waals surface area contributed by atoms with Gasteiger partial charge in [0, 0.05) is 13.1 Å². The molecule has 0 saturated carbocycles. The zero-order valence-corrected chi connectivity index (χ0v) is 12.2. The second-order valence-corrected chi connectivity index (χ2v) is 4.76. The topological polar surface area (TPSA) is 90.3 Å². The minimum Gasteiger partial charge on any atom is -0.454 e. The third-order valence-electron chi connectivity index (χ3n) is 3.33. The SMILES string of the molecule is CCn1cnnc1CNC(=O)NCc1ccc2c(c1)OCO2. The van der Waals surface area contributed by atoms with Crippen LogP contribution in [-0.2, 0) is 19.6 Å². The molecule has 1 aromatic heterocycles. The number of hydrogen-bond donors (Lipinski definition) is 2. The van der Waals surface area contributed by atoms with Crippen molar-refractivity contribution in [2.45, 2.75) is 26.6 Å². The van der Waals surface area contributed by atoms with E-state index < -0.39 is 0 Å². The minimum absolute atomic E-state index is 0.241. The van der Waals surface area contributed by atoms with E-state index in [1.807, 2.05) is 29.7 Å². The van der Waals surface area contributed by atoms with Gasteiger partial charge < -0.3 is 24.7 Å². The maximum absolute atomic E-state index is 11.8. The van der Waals surface area contributed by atoms with Crippen LogP contribution in [0, 0.1) is 0 Å². The Bertz CT molecular complexity index is 670. The number of rotatable bonds is 5. The molecule has 0 unspecified atom stereocenters. The summed E-state index contributed by atoms with van der Waals surface area (Å²) in [5.41, 5.74) is 0.941. The van der Waals surface area contributed by atoms with E-state index in [0.29, 0.717) is 18.8 Å². The molecule has 0 saturated heterocycles. The van der Waals surface area contributed by atoms with Crippen molar-refractivity contribution in [3.8, 4) is 11.5 Å². The summed E-state index contributed by atoms with van der Waals surface area (Å²) in [5.74, 6) is 2.16. The second-order valence-electron chi connectivity index (χ2n) is 4.76. The number of carbonyl (C=O) groups is 1. The number of urea groups is 1. The summed E-state index contributed by atoms with van der Waals surface area (Å²) in [5, 5.41) is 13.3. The average molecular weight is 303 g/mol. The lowest BCUT2D eigenvalue weighted by Crippen LogP contribution is -2.35. The molecule has 8 nitrogen and oxygen atoms in total. The molecular weight excluding hydrogens is 286 g/mol. The van der Waals surface area contributed by atoms with Crippen molar-refractivity contribution in [2.75, 3.05) is 6.79 Å². The zero-order chi connectivity index (χ0) is 15.4. The standard InChI is InChI=1S/C14H17N5O3/c1-2-19-8-17-18-13(19)7-16-14(20)15-6-10-3-4-11-12(5-10)22-9-21-11/h3-5,8H,2,6-7,9H2,1H3,(H2,15,16,20). The second kappa shape index (κ2) is 6.33. The van der Waals surface area contributed by atoms with E-state index in [1.54, 1.807) is 6.33 Å². The fourth-order valence-corrected chi connectivity index (χ4v) is 2.14. The van der Waals surface area contributed by atoms with Crippen molar-refractivity contribution in [3.05, 3.63) is 35.9 Å². The number of nitrogens with zero attached hydrogens (tertiary/aromatic N) is 3. The fraction of sp³-hybridized carbons (Fsp3) is 0.357. The van der Waals surface area contributed by atoms with E-state index in [0.717, 1.165) is 23.7 Å². The molecule has 1 aliphatic heterocycles. The Labute approximate surface area is 127 Å². The molecule has 0 aliphatic carbocycles. The molecule has 0 radical (unpaired) electrons. The highest BCUT2D eigenvalue weighted by Crippen LogP contribution is 2.32. The Morgan fingerprint density at radius 3 is 2.95 bits per heavy atom. The molecule has 1 aromatic carbocycles. The van der Waals surface area contributed by atoms with Gasteiger partial charge in [0.05, 0.1) is 6.54 Å². The number of nitrogens with one attached hydrogen (secondary N) is 2. The first kappa shape index (κ1) is 14.2. The van der Waals surface area contributed by atoms with Gasteiger partial charge in [-0.1, -0.05) is 6.07 Å². The summed E-state index contributed by atoms with van der Waals surface area (Å²) in [7, 11) is 0. The van der Waals surface area contributed by atoms with Crippen molar-refractivity contribution in [1.82, 2.24) is 25.4 Å². The normalized spacial score (nSPS) is 12.2. The average Bonchev–Trinajstić information content (AvgIpc) is 3.18. The largest absolute Gasteiger partial charge is 0.454 e. The van der Waals surface area contributed by atoms with Gasteiger partial charge in [0.15, 0.2) is 17.3 Å². The van der Waals surface area contributed by atoms with Crippen molar-refractivity contribution in [1.29, 1.82) is 0 Å². The first-order valence-corrected chi connectivity index (χ1v) is 7.03. The quantitative estimate of drug-likeness (QED) is 0.861. The van der Waals surface area contributed by atoms with Crippen molar-refractivity contribution >= 4 is 6.03 Å². The van der Waals surface area contributed by atoms with Crippen LogP contribution in [0.5, 0.6) is 11.5 Å². The highest BCUT2D eigenvalue weighted by Gasteiger charge is 2.13. The Morgan fingerprint density at radius 1 is 1.27 bits per heavy atom. The molecule has 22 heavy (non-hydrogen) atoms. The van der Waals surface area contributed by atoms with E-state index in [1.165, 1.54) is 0 Å². The van der Waals surface area contributed by atoms with Gasteiger partial charge >= 0.3 is 6.03 Å². The smallest absolute Gasteiger partial charge is 0.315 e. The number of benzene rings is 1. The first-order chi connectivity index (χ1) is 10.8. The lowest BCUT2D eigenvalue weighted by Gasteiger charge is -2.08. The molecule has 0 atom stereocenters. The molecule has 1 aliphatic rings. The summed E-state index contributed by atoms with van der Waals surface area (Å²) in [6, 6.07) is 5.32. The van der Waals surface area contributed by atoms with E-state index in [4.69, 9.17) is 9.47 Å². The summed E-state index contributed by atoms with van der Waals surface area (Å²) in [6.07, 6.45) is 1.64. The van der Waals surface area contributed by atoms with Crippen LogP contribution in [-0.4, -0.2) is 27.6 Å². The molecule has 2 amide bonds. The van der Waals surface area contributed by atoms with E-state index >= 15 is 0 Å². The van der Waals surface area contributed by atoms with Crippen LogP contribution in [0.25, 0.3) is 0 Å². The van der Waals surface area contributed by atoms with Gasteiger partial charge in [0.1, 0.15) is 6.33 Å². The summed E-state index contributed by atoms with van der Waals surface area (Å²) >= 11 is 0. The summed E-state index contributed by atoms with van der Waals surface area (Å²) < 4.78 is 12.4. The van der Waals surface area contributed by atoms with E-state index in [9.17, 15) is 4.79 Å². The lowest BCUT2D eigenvalue weighted by molar-refractivity contribution is 0.174. The molecule has 2 aromatic rings. The van der Waals surface area contributed by atoms with Gasteiger partial charge in [-0.3, -0.25) is 0 Å². The molecule has 2 heterocycles. The van der Waals surface area contributed by atoms with Crippen LogP contribution in [0.1, 0.15) is 18.3 Å². The molecule has 0 fully saturated rings. The van der Waals surface area contributed by atoms with E-state index in [2.05, 4.69) is 20.8 Å². The number of aryl methyl sites for hydroxylation is 1.